The Morgan fingerprint density at radius 1 is 1.08 bits per heavy atom. The summed E-state index contributed by atoms with van der Waals surface area (Å²) >= 11 is 0. The molecule has 12 heteroatoms. The van der Waals surface area contributed by atoms with Crippen molar-refractivity contribution >= 4 is 22.7 Å². The van der Waals surface area contributed by atoms with Gasteiger partial charge in [0.1, 0.15) is 22.7 Å². The highest BCUT2D eigenvalue weighted by Crippen LogP contribution is 2.25. The monoisotopic (exact) mass is 495 g/mol. The van der Waals surface area contributed by atoms with Crippen LogP contribution in [0.25, 0.3) is 22.7 Å². The zero-order valence-electron chi connectivity index (χ0n) is 19.8. The number of quaternary nitrogens is 1. The van der Waals surface area contributed by atoms with Crippen molar-refractivity contribution in [1.82, 2.24) is 19.7 Å². The summed E-state index contributed by atoms with van der Waals surface area (Å²) in [5.41, 5.74) is 5.65. The molecular formula is C24H27N6O6+. The summed E-state index contributed by atoms with van der Waals surface area (Å²) in [5, 5.41) is 7.14. The lowest BCUT2D eigenvalue weighted by Crippen LogP contribution is -2.52. The van der Waals surface area contributed by atoms with E-state index in [-0.39, 0.29) is 29.6 Å². The number of carbonyl (C=O) groups excluding carboxylic acids is 1. The van der Waals surface area contributed by atoms with Crippen molar-refractivity contribution in [2.45, 2.75) is 6.54 Å². The molecule has 0 saturated carbocycles. The Labute approximate surface area is 206 Å². The number of pyridine rings is 1. The molecule has 0 aliphatic heterocycles. The van der Waals surface area contributed by atoms with E-state index in [2.05, 4.69) is 26.1 Å². The number of carbonyl (C=O) groups is 1. The number of rotatable bonds is 12. The summed E-state index contributed by atoms with van der Waals surface area (Å²) in [7, 11) is 1.53. The van der Waals surface area contributed by atoms with Crippen LogP contribution >= 0.6 is 0 Å². The van der Waals surface area contributed by atoms with E-state index >= 15 is 0 Å². The molecule has 4 aromatic rings. The number of ether oxygens (including phenoxy) is 3. The molecule has 0 radical (unpaired) electrons. The molecule has 0 spiro atoms. The number of oxazole rings is 1. The lowest BCUT2D eigenvalue weighted by atomic mass is 10.2. The average molecular weight is 496 g/mol. The third-order valence-electron chi connectivity index (χ3n) is 5.04. The van der Waals surface area contributed by atoms with Gasteiger partial charge in [0.25, 0.3) is 11.5 Å². The van der Waals surface area contributed by atoms with Crippen LogP contribution in [0, 0.1) is 0 Å². The van der Waals surface area contributed by atoms with Gasteiger partial charge >= 0.3 is 0 Å². The number of methoxy groups -OCH3 is 1. The van der Waals surface area contributed by atoms with Crippen molar-refractivity contribution in [3.63, 3.8) is 0 Å². The second kappa shape index (κ2) is 12.0. The van der Waals surface area contributed by atoms with E-state index in [0.29, 0.717) is 61.2 Å². The van der Waals surface area contributed by atoms with Crippen molar-refractivity contribution in [2.75, 3.05) is 45.4 Å². The molecule has 1 aromatic carbocycles. The van der Waals surface area contributed by atoms with Crippen LogP contribution in [0.1, 0.15) is 10.5 Å². The van der Waals surface area contributed by atoms with Gasteiger partial charge in [-0.2, -0.15) is 5.10 Å². The highest BCUT2D eigenvalue weighted by Gasteiger charge is 2.14. The second-order valence-electron chi connectivity index (χ2n) is 7.60. The Morgan fingerprint density at radius 3 is 2.67 bits per heavy atom. The van der Waals surface area contributed by atoms with Crippen molar-refractivity contribution in [3.05, 3.63) is 64.7 Å². The molecule has 1 amide bonds. The maximum atomic E-state index is 12.5. The first-order chi connectivity index (χ1) is 17.6. The molecule has 0 aliphatic carbocycles. The standard InChI is InChI=1S/C24H26N6O6/c1-33-17-3-4-18(26-15-17)23(32)27-16-2-6-21-20(14-16)28-24(36-21)19-5-7-22(31)30(29-19)9-11-35-13-12-34-10-8-25/h2-7,14-15H,8-13,25H2,1H3,(H,27,32)/p+1. The van der Waals surface area contributed by atoms with Gasteiger partial charge in [-0.25, -0.2) is 14.6 Å². The predicted molar refractivity (Wildman–Crippen MR) is 130 cm³/mol. The molecule has 3 aromatic heterocycles. The summed E-state index contributed by atoms with van der Waals surface area (Å²) < 4.78 is 23.0. The number of fused-ring (bicyclic) bond motifs is 1. The molecule has 0 saturated heterocycles. The minimum absolute atomic E-state index is 0.248. The van der Waals surface area contributed by atoms with Gasteiger partial charge < -0.3 is 29.7 Å². The maximum Gasteiger partial charge on any atom is 0.274 e. The van der Waals surface area contributed by atoms with Gasteiger partial charge in [-0.1, -0.05) is 0 Å². The zero-order chi connectivity index (χ0) is 25.3. The number of hydrogen-bond donors (Lipinski definition) is 2. The fourth-order valence-corrected chi connectivity index (χ4v) is 3.24. The summed E-state index contributed by atoms with van der Waals surface area (Å²) in [6.45, 7) is 2.78. The Bertz CT molecular complexity index is 1370. The quantitative estimate of drug-likeness (QED) is 0.273. The molecule has 0 atom stereocenters. The van der Waals surface area contributed by atoms with Gasteiger partial charge in [-0.05, 0) is 36.4 Å². The van der Waals surface area contributed by atoms with E-state index in [0.717, 1.165) is 0 Å². The number of benzene rings is 1. The van der Waals surface area contributed by atoms with Gasteiger partial charge in [-0.3, -0.25) is 9.59 Å². The molecule has 12 nitrogen and oxygen atoms in total. The molecule has 4 N–H and O–H groups in total. The first-order valence-corrected chi connectivity index (χ1v) is 11.3. The normalized spacial score (nSPS) is 11.1. The third kappa shape index (κ3) is 6.30. The van der Waals surface area contributed by atoms with Crippen LogP contribution in [0.2, 0.25) is 0 Å². The van der Waals surface area contributed by atoms with Crippen LogP contribution in [-0.2, 0) is 16.0 Å². The SMILES string of the molecule is COc1ccc(C(=O)Nc2ccc3oc(-c4ccc(=O)n(CCOCCOCC[NH3+])n4)nc3c2)nc1. The first kappa shape index (κ1) is 25.0. The summed E-state index contributed by atoms with van der Waals surface area (Å²) in [6.07, 6.45) is 1.47. The number of hydrogen-bond acceptors (Lipinski definition) is 9. The number of aromatic nitrogens is 4. The van der Waals surface area contributed by atoms with E-state index in [1.807, 2.05) is 0 Å². The van der Waals surface area contributed by atoms with Crippen LogP contribution in [0.15, 0.2) is 57.9 Å². The van der Waals surface area contributed by atoms with Gasteiger partial charge in [0.15, 0.2) is 5.58 Å². The number of anilines is 1. The number of nitrogens with one attached hydrogen (secondary N) is 1. The average Bonchev–Trinajstić information content (AvgIpc) is 3.32. The number of amides is 1. The van der Waals surface area contributed by atoms with E-state index < -0.39 is 0 Å². The van der Waals surface area contributed by atoms with Gasteiger partial charge in [-0.15, -0.1) is 0 Å². The third-order valence-corrected chi connectivity index (χ3v) is 5.04. The van der Waals surface area contributed by atoms with Crippen LogP contribution in [0.5, 0.6) is 5.75 Å². The topological polar surface area (TPSA) is 158 Å². The smallest absolute Gasteiger partial charge is 0.274 e. The molecule has 36 heavy (non-hydrogen) atoms. The molecule has 0 bridgehead atoms. The van der Waals surface area contributed by atoms with Crippen molar-refractivity contribution in [3.8, 4) is 17.3 Å². The van der Waals surface area contributed by atoms with Crippen molar-refractivity contribution in [1.29, 1.82) is 0 Å². The molecule has 0 fully saturated rings. The first-order valence-electron chi connectivity index (χ1n) is 11.3. The van der Waals surface area contributed by atoms with Crippen molar-refractivity contribution in [2.24, 2.45) is 0 Å². The zero-order valence-corrected chi connectivity index (χ0v) is 19.8. The summed E-state index contributed by atoms with van der Waals surface area (Å²) in [6, 6.07) is 11.3. The lowest BCUT2D eigenvalue weighted by molar-refractivity contribution is -0.374. The Hall–Kier alpha value is -4.13. The highest BCUT2D eigenvalue weighted by atomic mass is 16.5. The molecule has 0 unspecified atom stereocenters. The van der Waals surface area contributed by atoms with Crippen LogP contribution < -0.4 is 21.3 Å². The molecule has 3 heterocycles. The summed E-state index contributed by atoms with van der Waals surface area (Å²) in [5.74, 6) is 0.442. The predicted octanol–water partition coefficient (Wildman–Crippen LogP) is 0.983. The van der Waals surface area contributed by atoms with Gasteiger partial charge in [0.05, 0.1) is 52.8 Å². The fourth-order valence-electron chi connectivity index (χ4n) is 3.24. The lowest BCUT2D eigenvalue weighted by Gasteiger charge is -2.07. The molecule has 4 rings (SSSR count). The van der Waals surface area contributed by atoms with Crippen LogP contribution in [0.3, 0.4) is 0 Å². The van der Waals surface area contributed by atoms with Crippen molar-refractivity contribution < 1.29 is 29.2 Å². The number of nitrogens with zero attached hydrogens (tertiary/aromatic N) is 4. The molecule has 188 valence electrons. The minimum atomic E-state index is -0.370. The van der Waals surface area contributed by atoms with Crippen LogP contribution in [0.4, 0.5) is 5.69 Å². The Balaban J connectivity index is 1.42. The minimum Gasteiger partial charge on any atom is -0.495 e. The second-order valence-corrected chi connectivity index (χ2v) is 7.60. The largest absolute Gasteiger partial charge is 0.495 e. The van der Waals surface area contributed by atoms with E-state index in [1.165, 1.54) is 24.1 Å². The van der Waals surface area contributed by atoms with E-state index in [4.69, 9.17) is 18.6 Å². The molecule has 0 aliphatic rings. The highest BCUT2D eigenvalue weighted by molar-refractivity contribution is 6.03. The molecular weight excluding hydrogens is 468 g/mol. The maximum absolute atomic E-state index is 12.5. The fraction of sp³-hybridized carbons (Fsp3) is 0.292. The summed E-state index contributed by atoms with van der Waals surface area (Å²) in [4.78, 5) is 33.2. The van der Waals surface area contributed by atoms with Gasteiger partial charge in [0.2, 0.25) is 5.89 Å². The van der Waals surface area contributed by atoms with E-state index in [9.17, 15) is 9.59 Å². The Morgan fingerprint density at radius 2 is 1.92 bits per heavy atom. The van der Waals surface area contributed by atoms with Crippen LogP contribution in [-0.4, -0.2) is 65.7 Å². The van der Waals surface area contributed by atoms with Gasteiger partial charge in [0, 0.05) is 11.8 Å². The Kier molecular flexibility index (Phi) is 8.34. The van der Waals surface area contributed by atoms with E-state index in [1.54, 1.807) is 36.4 Å².